The van der Waals surface area contributed by atoms with Gasteiger partial charge in [0.2, 0.25) is 0 Å². The zero-order valence-corrected chi connectivity index (χ0v) is 29.2. The molecule has 11 rings (SSSR count). The summed E-state index contributed by atoms with van der Waals surface area (Å²) < 4.78 is 9.21. The molecular formula is C48H29NOSe. The van der Waals surface area contributed by atoms with Gasteiger partial charge in [0.1, 0.15) is 5.58 Å². The van der Waals surface area contributed by atoms with Crippen LogP contribution in [0.3, 0.4) is 0 Å². The monoisotopic (exact) mass is 715 g/mol. The fourth-order valence-corrected chi connectivity index (χ4v) is 10.5. The van der Waals surface area contributed by atoms with Crippen LogP contribution in [0.25, 0.3) is 84.7 Å². The second kappa shape index (κ2) is 11.2. The summed E-state index contributed by atoms with van der Waals surface area (Å²) in [5, 5.41) is 12.5. The van der Waals surface area contributed by atoms with Crippen LogP contribution >= 0.6 is 0 Å². The van der Waals surface area contributed by atoms with E-state index in [0.29, 0.717) is 0 Å². The van der Waals surface area contributed by atoms with Crippen molar-refractivity contribution in [2.45, 2.75) is 0 Å². The Bertz CT molecular complexity index is 3140. The minimum atomic E-state index is 0.261. The SMILES string of the molecule is c1ccc(-c2ccc(N(c3ccc4ccc5cc6oc7ccccc7c6cc5c4c3)c3ccc4ccc5c6ccccc6[se]c5c4c3)cc2)cc1. The molecule has 2 nitrogen and oxygen atoms in total. The summed E-state index contributed by atoms with van der Waals surface area (Å²) in [5.41, 5.74) is 7.67. The average molecular weight is 715 g/mol. The van der Waals surface area contributed by atoms with Gasteiger partial charge in [-0.3, -0.25) is 0 Å². The van der Waals surface area contributed by atoms with E-state index in [1.165, 1.54) is 62.7 Å². The molecule has 0 aliphatic carbocycles. The van der Waals surface area contributed by atoms with Crippen molar-refractivity contribution in [3.05, 3.63) is 176 Å². The second-order valence-corrected chi connectivity index (χ2v) is 15.5. The van der Waals surface area contributed by atoms with E-state index in [2.05, 4.69) is 175 Å². The summed E-state index contributed by atoms with van der Waals surface area (Å²) >= 11 is 0.261. The molecule has 2 heterocycles. The zero-order chi connectivity index (χ0) is 33.5. The van der Waals surface area contributed by atoms with Gasteiger partial charge in [-0.2, -0.15) is 0 Å². The van der Waals surface area contributed by atoms with Crippen LogP contribution in [0.5, 0.6) is 0 Å². The molecule has 0 aliphatic rings. The van der Waals surface area contributed by atoms with E-state index in [9.17, 15) is 0 Å². The van der Waals surface area contributed by atoms with Crippen LogP contribution in [0.4, 0.5) is 17.1 Å². The molecule has 0 fully saturated rings. The van der Waals surface area contributed by atoms with Crippen molar-refractivity contribution in [1.82, 2.24) is 0 Å². The van der Waals surface area contributed by atoms with Gasteiger partial charge in [-0.05, 0) is 6.07 Å². The van der Waals surface area contributed by atoms with Crippen molar-refractivity contribution in [1.29, 1.82) is 0 Å². The van der Waals surface area contributed by atoms with Crippen molar-refractivity contribution in [2.24, 2.45) is 0 Å². The topological polar surface area (TPSA) is 16.4 Å². The van der Waals surface area contributed by atoms with Gasteiger partial charge in [-0.15, -0.1) is 0 Å². The maximum absolute atomic E-state index is 6.27. The Morgan fingerprint density at radius 3 is 1.80 bits per heavy atom. The van der Waals surface area contributed by atoms with Gasteiger partial charge in [0.05, 0.1) is 0 Å². The van der Waals surface area contributed by atoms with Crippen LogP contribution in [0.1, 0.15) is 0 Å². The standard InChI is InChI=1S/C48H29NOSe/c1-2-8-30(9-3-1)31-16-21-35(22-17-31)49(37-24-19-33-20-25-40-39-11-5-7-13-47(39)51-48(40)43(33)28-37)36-23-18-32-14-15-34-26-46-44(29-42(34)41(32)27-36)38-10-4-6-12-45(38)50-46/h1-29H. The molecule has 0 radical (unpaired) electrons. The van der Waals surface area contributed by atoms with Gasteiger partial charge in [0.25, 0.3) is 0 Å². The quantitative estimate of drug-likeness (QED) is 0.133. The zero-order valence-electron chi connectivity index (χ0n) is 27.5. The third-order valence-corrected chi connectivity index (χ3v) is 13.0. The first kappa shape index (κ1) is 28.7. The molecule has 2 aromatic heterocycles. The Labute approximate surface area is 300 Å². The summed E-state index contributed by atoms with van der Waals surface area (Å²) in [5.74, 6) is 0. The third kappa shape index (κ3) is 4.56. The first-order chi connectivity index (χ1) is 25.2. The molecular weight excluding hydrogens is 685 g/mol. The van der Waals surface area contributed by atoms with Crippen LogP contribution in [0, 0.1) is 0 Å². The second-order valence-electron chi connectivity index (χ2n) is 13.3. The third-order valence-electron chi connectivity index (χ3n) is 10.4. The molecule has 51 heavy (non-hydrogen) atoms. The first-order valence-electron chi connectivity index (χ1n) is 17.3. The molecule has 0 saturated carbocycles. The summed E-state index contributed by atoms with van der Waals surface area (Å²) in [6.45, 7) is 0. The van der Waals surface area contributed by atoms with Crippen LogP contribution in [-0.4, -0.2) is 14.5 Å². The van der Waals surface area contributed by atoms with Crippen molar-refractivity contribution in [2.75, 3.05) is 4.90 Å². The molecule has 0 spiro atoms. The molecule has 0 unspecified atom stereocenters. The number of para-hydroxylation sites is 1. The van der Waals surface area contributed by atoms with Crippen LogP contribution < -0.4 is 4.90 Å². The van der Waals surface area contributed by atoms with Crippen molar-refractivity contribution in [3.63, 3.8) is 0 Å². The Morgan fingerprint density at radius 2 is 0.961 bits per heavy atom. The Hall–Kier alpha value is -6.12. The molecule has 238 valence electrons. The van der Waals surface area contributed by atoms with Gasteiger partial charge < -0.3 is 4.42 Å². The molecule has 0 bridgehead atoms. The molecule has 0 amide bonds. The van der Waals surface area contributed by atoms with Crippen LogP contribution in [0.2, 0.25) is 0 Å². The average Bonchev–Trinajstić information content (AvgIpc) is 3.76. The molecule has 0 atom stereocenters. The van der Waals surface area contributed by atoms with E-state index in [-0.39, 0.29) is 14.5 Å². The first-order valence-corrected chi connectivity index (χ1v) is 19.0. The Morgan fingerprint density at radius 1 is 0.353 bits per heavy atom. The van der Waals surface area contributed by atoms with Gasteiger partial charge in [0, 0.05) is 0 Å². The number of rotatable bonds is 4. The predicted molar refractivity (Wildman–Crippen MR) is 218 cm³/mol. The number of nitrogens with zero attached hydrogens (tertiary/aromatic N) is 1. The van der Waals surface area contributed by atoms with Crippen LogP contribution in [0.15, 0.2) is 180 Å². The number of fused-ring (bicyclic) bond motifs is 11. The summed E-state index contributed by atoms with van der Waals surface area (Å²) in [4.78, 5) is 2.42. The molecule has 0 saturated heterocycles. The van der Waals surface area contributed by atoms with Gasteiger partial charge >= 0.3 is 261 Å². The molecule has 0 aliphatic heterocycles. The number of benzene rings is 9. The Kier molecular flexibility index (Phi) is 6.30. The molecule has 9 aromatic carbocycles. The van der Waals surface area contributed by atoms with Gasteiger partial charge in [-0.1, -0.05) is 24.3 Å². The summed E-state index contributed by atoms with van der Waals surface area (Å²) in [7, 11) is 0. The molecule has 11 aromatic rings. The normalized spacial score (nSPS) is 11.9. The minimum absolute atomic E-state index is 0.261. The number of anilines is 3. The van der Waals surface area contributed by atoms with E-state index < -0.39 is 0 Å². The maximum atomic E-state index is 6.27. The number of furan rings is 1. The van der Waals surface area contributed by atoms with E-state index in [1.807, 2.05) is 6.07 Å². The van der Waals surface area contributed by atoms with E-state index in [0.717, 1.165) is 39.0 Å². The van der Waals surface area contributed by atoms with Gasteiger partial charge in [0.15, 0.2) is 0 Å². The van der Waals surface area contributed by atoms with E-state index in [4.69, 9.17) is 4.42 Å². The van der Waals surface area contributed by atoms with Gasteiger partial charge in [-0.25, -0.2) is 0 Å². The number of hydrogen-bond acceptors (Lipinski definition) is 2. The van der Waals surface area contributed by atoms with Crippen molar-refractivity contribution >= 4 is 105 Å². The Balaban J connectivity index is 1.14. The summed E-state index contributed by atoms with van der Waals surface area (Å²) in [6, 6.07) is 64.3. The summed E-state index contributed by atoms with van der Waals surface area (Å²) in [6.07, 6.45) is 0. The molecule has 0 N–H and O–H groups in total. The van der Waals surface area contributed by atoms with Crippen molar-refractivity contribution < 1.29 is 4.42 Å². The number of hydrogen-bond donors (Lipinski definition) is 0. The van der Waals surface area contributed by atoms with Crippen molar-refractivity contribution in [3.8, 4) is 11.1 Å². The van der Waals surface area contributed by atoms with E-state index >= 15 is 0 Å². The van der Waals surface area contributed by atoms with Crippen LogP contribution in [-0.2, 0) is 0 Å². The fourth-order valence-electron chi connectivity index (χ4n) is 7.91. The van der Waals surface area contributed by atoms with E-state index in [1.54, 1.807) is 0 Å². The molecule has 3 heteroatoms. The predicted octanol–water partition coefficient (Wildman–Crippen LogP) is 13.5. The fraction of sp³-hybridized carbons (Fsp3) is 0.